The number of nitro benzene ring substituents is 1. The Kier molecular flexibility index (Phi) is 7.60. The molecule has 1 aromatic rings. The minimum absolute atomic E-state index is 0.0694. The SMILES string of the molecule is COc1ccc(N[C@H](NC(=O)OC[C@H]2CCCO2)C(Cl)(Cl)Cl)cc1[N+](=O)[O-]. The smallest absolute Gasteiger partial charge is 0.408 e. The number of nitro groups is 1. The average Bonchev–Trinajstić information content (AvgIpc) is 3.12. The zero-order valence-corrected chi connectivity index (χ0v) is 16.5. The minimum atomic E-state index is -1.96. The highest BCUT2D eigenvalue weighted by Gasteiger charge is 2.35. The molecule has 1 heterocycles. The Bertz CT molecular complexity index is 679. The van der Waals surface area contributed by atoms with E-state index in [1.54, 1.807) is 0 Å². The van der Waals surface area contributed by atoms with E-state index in [0.29, 0.717) is 6.61 Å². The molecule has 2 N–H and O–H groups in total. The Balaban J connectivity index is 2.04. The zero-order chi connectivity index (χ0) is 20.0. The van der Waals surface area contributed by atoms with Crippen LogP contribution in [0, 0.1) is 10.1 Å². The molecule has 2 rings (SSSR count). The average molecular weight is 443 g/mol. The topological polar surface area (TPSA) is 112 Å². The Hall–Kier alpha value is -1.68. The second kappa shape index (κ2) is 9.50. The van der Waals surface area contributed by atoms with Crippen molar-refractivity contribution in [1.82, 2.24) is 5.32 Å². The molecule has 1 aromatic carbocycles. The molecule has 150 valence electrons. The molecular formula is C15H18Cl3N3O6. The summed E-state index contributed by atoms with van der Waals surface area (Å²) in [6.07, 6.45) is -0.483. The summed E-state index contributed by atoms with van der Waals surface area (Å²) in [6.45, 7) is 0.705. The molecule has 1 saturated heterocycles. The maximum Gasteiger partial charge on any atom is 0.408 e. The Labute approximate surface area is 170 Å². The molecule has 1 aliphatic heterocycles. The number of amides is 1. The van der Waals surface area contributed by atoms with E-state index < -0.39 is 21.0 Å². The minimum Gasteiger partial charge on any atom is -0.490 e. The summed E-state index contributed by atoms with van der Waals surface area (Å²) in [5, 5.41) is 16.2. The second-order valence-corrected chi connectivity index (χ2v) is 8.01. The Morgan fingerprint density at radius 2 is 2.22 bits per heavy atom. The van der Waals surface area contributed by atoms with Gasteiger partial charge in [0.1, 0.15) is 12.8 Å². The molecule has 0 unspecified atom stereocenters. The first-order valence-corrected chi connectivity index (χ1v) is 9.04. The molecule has 12 heteroatoms. The molecule has 0 radical (unpaired) electrons. The number of ether oxygens (including phenoxy) is 3. The lowest BCUT2D eigenvalue weighted by Crippen LogP contribution is -2.49. The van der Waals surface area contributed by atoms with Gasteiger partial charge in [-0.1, -0.05) is 34.8 Å². The first-order chi connectivity index (χ1) is 12.7. The monoisotopic (exact) mass is 441 g/mol. The quantitative estimate of drug-likeness (QED) is 0.287. The van der Waals surface area contributed by atoms with Crippen molar-refractivity contribution in [3.8, 4) is 5.75 Å². The van der Waals surface area contributed by atoms with Crippen LogP contribution < -0.4 is 15.4 Å². The molecule has 0 spiro atoms. The van der Waals surface area contributed by atoms with Crippen LogP contribution in [0.1, 0.15) is 12.8 Å². The van der Waals surface area contributed by atoms with Gasteiger partial charge in [-0.2, -0.15) is 0 Å². The molecule has 0 bridgehead atoms. The number of methoxy groups -OCH3 is 1. The van der Waals surface area contributed by atoms with Crippen LogP contribution in [-0.2, 0) is 9.47 Å². The number of benzene rings is 1. The molecule has 0 aromatic heterocycles. The van der Waals surface area contributed by atoms with Gasteiger partial charge in [0.05, 0.1) is 18.1 Å². The van der Waals surface area contributed by atoms with E-state index in [-0.39, 0.29) is 29.8 Å². The molecule has 1 fully saturated rings. The van der Waals surface area contributed by atoms with E-state index in [1.807, 2.05) is 0 Å². The van der Waals surface area contributed by atoms with Crippen molar-refractivity contribution in [2.24, 2.45) is 0 Å². The van der Waals surface area contributed by atoms with Gasteiger partial charge < -0.3 is 19.5 Å². The van der Waals surface area contributed by atoms with Gasteiger partial charge in [0.25, 0.3) is 0 Å². The highest BCUT2D eigenvalue weighted by molar-refractivity contribution is 6.68. The number of anilines is 1. The first-order valence-electron chi connectivity index (χ1n) is 7.91. The third-order valence-electron chi connectivity index (χ3n) is 3.70. The Morgan fingerprint density at radius 1 is 1.48 bits per heavy atom. The number of carbonyl (C=O) groups excluding carboxylic acids is 1. The molecule has 1 aliphatic rings. The fraction of sp³-hybridized carbons (Fsp3) is 0.533. The van der Waals surface area contributed by atoms with Gasteiger partial charge in [0.15, 0.2) is 5.75 Å². The van der Waals surface area contributed by atoms with E-state index >= 15 is 0 Å². The van der Waals surface area contributed by atoms with Crippen molar-refractivity contribution < 1.29 is 23.9 Å². The molecule has 27 heavy (non-hydrogen) atoms. The van der Waals surface area contributed by atoms with Crippen LogP contribution in [0.3, 0.4) is 0 Å². The number of rotatable bonds is 7. The predicted octanol–water partition coefficient (Wildman–Crippen LogP) is 3.62. The largest absolute Gasteiger partial charge is 0.490 e. The van der Waals surface area contributed by atoms with E-state index in [9.17, 15) is 14.9 Å². The number of alkyl halides is 3. The first kappa shape index (κ1) is 21.6. The standard InChI is InChI=1S/C15H18Cl3N3O6/c1-25-12-5-4-9(7-11(12)21(23)24)19-13(15(16,17)18)20-14(22)27-8-10-3-2-6-26-10/h4-5,7,10,13,19H,2-3,6,8H2,1H3,(H,20,22)/t10-,13-/m1/s1. The highest BCUT2D eigenvalue weighted by atomic mass is 35.6. The fourth-order valence-electron chi connectivity index (χ4n) is 2.39. The number of alkyl carbamates (subject to hydrolysis) is 1. The lowest BCUT2D eigenvalue weighted by atomic mass is 10.2. The molecule has 1 amide bonds. The molecule has 0 saturated carbocycles. The Morgan fingerprint density at radius 3 is 2.78 bits per heavy atom. The van der Waals surface area contributed by atoms with Crippen molar-refractivity contribution in [3.63, 3.8) is 0 Å². The van der Waals surface area contributed by atoms with Gasteiger partial charge >= 0.3 is 11.8 Å². The third-order valence-corrected chi connectivity index (χ3v) is 4.36. The zero-order valence-electron chi connectivity index (χ0n) is 14.2. The van der Waals surface area contributed by atoms with Crippen LogP contribution in [0.5, 0.6) is 5.75 Å². The summed E-state index contributed by atoms with van der Waals surface area (Å²) in [5.74, 6) is 0.0694. The number of halogens is 3. The highest BCUT2D eigenvalue weighted by Crippen LogP contribution is 2.34. The number of carbonyl (C=O) groups is 1. The van der Waals surface area contributed by atoms with Crippen LogP contribution in [0.4, 0.5) is 16.2 Å². The molecule has 9 nitrogen and oxygen atoms in total. The number of nitrogens with one attached hydrogen (secondary N) is 2. The lowest BCUT2D eigenvalue weighted by Gasteiger charge is -2.27. The van der Waals surface area contributed by atoms with Crippen LogP contribution in [0.25, 0.3) is 0 Å². The second-order valence-electron chi connectivity index (χ2n) is 5.64. The lowest BCUT2D eigenvalue weighted by molar-refractivity contribution is -0.385. The van der Waals surface area contributed by atoms with Crippen molar-refractivity contribution >= 4 is 52.3 Å². The summed E-state index contributed by atoms with van der Waals surface area (Å²) in [5.41, 5.74) is -0.0511. The van der Waals surface area contributed by atoms with Crippen molar-refractivity contribution in [3.05, 3.63) is 28.3 Å². The summed E-state index contributed by atoms with van der Waals surface area (Å²) in [6, 6.07) is 4.06. The van der Waals surface area contributed by atoms with Gasteiger partial charge in [-0.25, -0.2) is 4.79 Å². The van der Waals surface area contributed by atoms with E-state index in [4.69, 9.17) is 49.0 Å². The predicted molar refractivity (Wildman–Crippen MR) is 101 cm³/mol. The van der Waals surface area contributed by atoms with E-state index in [1.165, 1.54) is 25.3 Å². The van der Waals surface area contributed by atoms with Gasteiger partial charge in [-0.15, -0.1) is 0 Å². The third kappa shape index (κ3) is 6.46. The normalized spacial score (nSPS) is 17.9. The molecular weight excluding hydrogens is 425 g/mol. The van der Waals surface area contributed by atoms with Crippen LogP contribution >= 0.6 is 34.8 Å². The van der Waals surface area contributed by atoms with Gasteiger partial charge in [0, 0.05) is 18.4 Å². The van der Waals surface area contributed by atoms with Gasteiger partial charge in [-0.05, 0) is 25.0 Å². The summed E-state index contributed by atoms with van der Waals surface area (Å²) >= 11 is 17.7. The van der Waals surface area contributed by atoms with E-state index in [2.05, 4.69) is 10.6 Å². The number of hydrogen-bond acceptors (Lipinski definition) is 7. The maximum absolute atomic E-state index is 12.0. The maximum atomic E-state index is 12.0. The molecule has 2 atom stereocenters. The van der Waals surface area contributed by atoms with E-state index in [0.717, 1.165) is 12.8 Å². The van der Waals surface area contributed by atoms with Crippen LogP contribution in [-0.4, -0.2) is 47.4 Å². The van der Waals surface area contributed by atoms with Gasteiger partial charge in [0.2, 0.25) is 3.79 Å². The van der Waals surface area contributed by atoms with Crippen molar-refractivity contribution in [2.75, 3.05) is 25.6 Å². The summed E-state index contributed by atoms with van der Waals surface area (Å²) < 4.78 is 13.4. The molecule has 0 aliphatic carbocycles. The van der Waals surface area contributed by atoms with Crippen molar-refractivity contribution in [1.29, 1.82) is 0 Å². The summed E-state index contributed by atoms with van der Waals surface area (Å²) in [4.78, 5) is 22.5. The number of nitrogens with zero attached hydrogens (tertiary/aromatic N) is 1. The van der Waals surface area contributed by atoms with Crippen LogP contribution in [0.2, 0.25) is 0 Å². The van der Waals surface area contributed by atoms with Gasteiger partial charge in [-0.3, -0.25) is 15.4 Å². The van der Waals surface area contributed by atoms with Crippen LogP contribution in [0.15, 0.2) is 18.2 Å². The summed E-state index contributed by atoms with van der Waals surface area (Å²) in [7, 11) is 1.31. The fourth-order valence-corrected chi connectivity index (χ4v) is 2.72. The number of hydrogen-bond donors (Lipinski definition) is 2. The van der Waals surface area contributed by atoms with Crippen molar-refractivity contribution in [2.45, 2.75) is 28.9 Å².